The first-order chi connectivity index (χ1) is 18.8. The van der Waals surface area contributed by atoms with Crippen molar-refractivity contribution in [3.8, 4) is 22.3 Å². The predicted molar refractivity (Wildman–Crippen MR) is 173 cm³/mol. The van der Waals surface area contributed by atoms with Gasteiger partial charge in [0.15, 0.2) is 0 Å². The fraction of sp³-hybridized carbons (Fsp3) is 0.371. The van der Waals surface area contributed by atoms with Crippen molar-refractivity contribution in [2.45, 2.75) is 74.6 Å². The molecule has 41 heavy (non-hydrogen) atoms. The highest BCUT2D eigenvalue weighted by molar-refractivity contribution is 5.68. The van der Waals surface area contributed by atoms with Crippen molar-refractivity contribution in [2.75, 3.05) is 6.54 Å². The molecule has 6 rings (SSSR count). The van der Waals surface area contributed by atoms with Crippen molar-refractivity contribution in [1.29, 1.82) is 0 Å². The molecule has 0 saturated heterocycles. The molecule has 0 fully saturated rings. The van der Waals surface area contributed by atoms with Gasteiger partial charge in [-0.05, 0) is 69.1 Å². The number of fused-ring (bicyclic) bond motifs is 2. The summed E-state index contributed by atoms with van der Waals surface area (Å²) in [5.41, 5.74) is 11.3. The summed E-state index contributed by atoms with van der Waals surface area (Å²) in [4.78, 5) is 10.8. The van der Waals surface area contributed by atoms with Gasteiger partial charge in [0.05, 0.1) is 0 Å². The Bertz CT molecular complexity index is 1280. The average Bonchev–Trinajstić information content (AvgIpc) is 3.61. The molecule has 0 spiro atoms. The maximum atomic E-state index is 4.21. The summed E-state index contributed by atoms with van der Waals surface area (Å²) in [5, 5.41) is 3.35. The van der Waals surface area contributed by atoms with E-state index in [9.17, 15) is 0 Å². The predicted octanol–water partition coefficient (Wildman–Crippen LogP) is 6.87. The lowest BCUT2D eigenvalue weighted by Gasteiger charge is -2.10. The van der Waals surface area contributed by atoms with E-state index in [1.165, 1.54) is 44.5 Å². The molecule has 5 N–H and O–H groups in total. The summed E-state index contributed by atoms with van der Waals surface area (Å²) in [6.07, 6.45) is 7.48. The standard InChI is InChI=1S/C15H16N2.C13H12N2.C5H12.C2H6.2H2O/c1-2-17-10-13-5-3-7-14(15(13)11-17)12-6-4-8-16-9-12;1-2-11(7-14-5-1)10-3-4-12-8-15-9-13(12)6-10;1-5(2,3)4;1-2;;/h3-9H,2,10-11H2,1H3;1-7,15H,8-9H2;1-4H3;1-2H3;2*1H2. The van der Waals surface area contributed by atoms with Crippen LogP contribution in [-0.2, 0) is 26.2 Å². The van der Waals surface area contributed by atoms with Crippen LogP contribution in [-0.4, -0.2) is 32.4 Å². The smallest absolute Gasteiger partial charge is 0.0346 e. The number of pyridine rings is 2. The topological polar surface area (TPSA) is 104 Å². The summed E-state index contributed by atoms with van der Waals surface area (Å²) in [5.74, 6) is 0. The Morgan fingerprint density at radius 1 is 0.707 bits per heavy atom. The van der Waals surface area contributed by atoms with Crippen molar-refractivity contribution in [3.05, 3.63) is 108 Å². The first kappa shape index (κ1) is 35.6. The van der Waals surface area contributed by atoms with Gasteiger partial charge in [-0.1, -0.05) is 90.9 Å². The zero-order valence-corrected chi connectivity index (χ0v) is 26.0. The maximum absolute atomic E-state index is 4.21. The number of nitrogens with one attached hydrogen (secondary N) is 1. The number of rotatable bonds is 3. The average molecular weight is 559 g/mol. The van der Waals surface area contributed by atoms with Gasteiger partial charge in [0, 0.05) is 56.5 Å². The third-order valence-electron chi connectivity index (χ3n) is 6.30. The molecular weight excluding hydrogens is 508 g/mol. The first-order valence-electron chi connectivity index (χ1n) is 14.3. The molecule has 0 unspecified atom stereocenters. The third-order valence-corrected chi connectivity index (χ3v) is 6.30. The van der Waals surface area contributed by atoms with Gasteiger partial charge < -0.3 is 16.3 Å². The van der Waals surface area contributed by atoms with E-state index in [-0.39, 0.29) is 11.0 Å². The molecule has 0 radical (unpaired) electrons. The highest BCUT2D eigenvalue weighted by atomic mass is 16.0. The van der Waals surface area contributed by atoms with Crippen molar-refractivity contribution in [3.63, 3.8) is 0 Å². The van der Waals surface area contributed by atoms with E-state index in [2.05, 4.69) is 103 Å². The fourth-order valence-electron chi connectivity index (χ4n) is 4.51. The van der Waals surface area contributed by atoms with Crippen molar-refractivity contribution in [2.24, 2.45) is 5.41 Å². The van der Waals surface area contributed by atoms with Crippen LogP contribution >= 0.6 is 0 Å². The van der Waals surface area contributed by atoms with Gasteiger partial charge in [0.1, 0.15) is 0 Å². The summed E-state index contributed by atoms with van der Waals surface area (Å²) in [7, 11) is 0. The van der Waals surface area contributed by atoms with Gasteiger partial charge in [0.25, 0.3) is 0 Å². The van der Waals surface area contributed by atoms with Crippen LogP contribution in [0.3, 0.4) is 0 Å². The van der Waals surface area contributed by atoms with Crippen molar-refractivity contribution < 1.29 is 11.0 Å². The molecule has 2 aliphatic rings. The summed E-state index contributed by atoms with van der Waals surface area (Å²) >= 11 is 0. The van der Waals surface area contributed by atoms with Gasteiger partial charge in [-0.15, -0.1) is 0 Å². The Hall–Kier alpha value is -3.42. The molecule has 0 saturated carbocycles. The molecule has 6 heteroatoms. The highest BCUT2D eigenvalue weighted by Gasteiger charge is 2.20. The Morgan fingerprint density at radius 3 is 1.90 bits per heavy atom. The first-order valence-corrected chi connectivity index (χ1v) is 14.3. The lowest BCUT2D eigenvalue weighted by atomic mass is 9.98. The SMILES string of the molecule is CC.CC(C)(C)C.CCN1Cc2cccc(-c3cccnc3)c2C1.O.O.c1cncc(-c2ccc3c(c2)CNC3)c1. The van der Waals surface area contributed by atoms with Crippen LogP contribution in [0.25, 0.3) is 22.3 Å². The second kappa shape index (κ2) is 17.4. The Kier molecular flexibility index (Phi) is 15.1. The Labute approximate surface area is 247 Å². The maximum Gasteiger partial charge on any atom is 0.0346 e. The summed E-state index contributed by atoms with van der Waals surface area (Å²) < 4.78 is 0. The molecule has 6 nitrogen and oxygen atoms in total. The van der Waals surface area contributed by atoms with Crippen LogP contribution in [0.15, 0.2) is 85.5 Å². The van der Waals surface area contributed by atoms with Crippen LogP contribution in [0.4, 0.5) is 0 Å². The van der Waals surface area contributed by atoms with Crippen LogP contribution in [0, 0.1) is 5.41 Å². The number of hydrogen-bond donors (Lipinski definition) is 1. The number of nitrogens with zero attached hydrogens (tertiary/aromatic N) is 3. The minimum absolute atomic E-state index is 0. The van der Waals surface area contributed by atoms with E-state index in [1.807, 2.05) is 44.6 Å². The van der Waals surface area contributed by atoms with Gasteiger partial charge in [-0.2, -0.15) is 0 Å². The van der Waals surface area contributed by atoms with Crippen molar-refractivity contribution >= 4 is 0 Å². The molecule has 2 aromatic heterocycles. The second-order valence-corrected chi connectivity index (χ2v) is 11.3. The highest BCUT2D eigenvalue weighted by Crippen LogP contribution is 2.32. The van der Waals surface area contributed by atoms with Gasteiger partial charge in [-0.25, -0.2) is 0 Å². The van der Waals surface area contributed by atoms with Crippen LogP contribution < -0.4 is 5.32 Å². The van der Waals surface area contributed by atoms with Gasteiger partial charge in [-0.3, -0.25) is 14.9 Å². The lowest BCUT2D eigenvalue weighted by molar-refractivity contribution is 0.301. The summed E-state index contributed by atoms with van der Waals surface area (Å²) in [6, 6.07) is 21.4. The lowest BCUT2D eigenvalue weighted by Crippen LogP contribution is -2.14. The molecule has 0 bridgehead atoms. The minimum Gasteiger partial charge on any atom is -0.412 e. The van der Waals surface area contributed by atoms with Crippen LogP contribution in [0.1, 0.15) is 70.7 Å². The summed E-state index contributed by atoms with van der Waals surface area (Å²) in [6.45, 7) is 20.2. The van der Waals surface area contributed by atoms with Gasteiger partial charge in [0.2, 0.25) is 0 Å². The molecule has 2 aromatic carbocycles. The van der Waals surface area contributed by atoms with E-state index in [0.29, 0.717) is 5.41 Å². The van der Waals surface area contributed by atoms with Crippen LogP contribution in [0.2, 0.25) is 0 Å². The van der Waals surface area contributed by atoms with E-state index < -0.39 is 0 Å². The molecule has 4 aromatic rings. The zero-order valence-electron chi connectivity index (χ0n) is 26.0. The van der Waals surface area contributed by atoms with E-state index in [4.69, 9.17) is 0 Å². The van der Waals surface area contributed by atoms with E-state index in [1.54, 1.807) is 6.20 Å². The number of benzene rings is 2. The molecule has 0 aliphatic carbocycles. The molecule has 0 amide bonds. The number of hydrogen-bond acceptors (Lipinski definition) is 4. The monoisotopic (exact) mass is 558 g/mol. The molecule has 4 heterocycles. The fourth-order valence-corrected chi connectivity index (χ4v) is 4.51. The van der Waals surface area contributed by atoms with Crippen LogP contribution in [0.5, 0.6) is 0 Å². The molecule has 0 atom stereocenters. The molecule has 2 aliphatic heterocycles. The third kappa shape index (κ3) is 10.8. The molecular formula is C35H50N4O2. The minimum atomic E-state index is 0. The van der Waals surface area contributed by atoms with Crippen molar-refractivity contribution in [1.82, 2.24) is 20.2 Å². The van der Waals surface area contributed by atoms with Gasteiger partial charge >= 0.3 is 0 Å². The largest absolute Gasteiger partial charge is 0.412 e. The van der Waals surface area contributed by atoms with E-state index >= 15 is 0 Å². The second-order valence-electron chi connectivity index (χ2n) is 11.3. The quantitative estimate of drug-likeness (QED) is 0.296. The normalized spacial score (nSPS) is 12.9. The Balaban J connectivity index is 0.000000324. The Morgan fingerprint density at radius 2 is 1.32 bits per heavy atom. The van der Waals surface area contributed by atoms with E-state index in [0.717, 1.165) is 32.7 Å². The number of aromatic nitrogens is 2. The zero-order chi connectivity index (χ0) is 28.3. The molecule has 222 valence electrons.